The van der Waals surface area contributed by atoms with Crippen LogP contribution in [0, 0.1) is 6.92 Å². The van der Waals surface area contributed by atoms with Crippen molar-refractivity contribution in [1.82, 2.24) is 0 Å². The Morgan fingerprint density at radius 1 is 0.941 bits per heavy atom. The average Bonchev–Trinajstić information content (AvgIpc) is 2.83. The molecule has 34 heavy (non-hydrogen) atoms. The van der Waals surface area contributed by atoms with Gasteiger partial charge in [0.2, 0.25) is 5.91 Å². The smallest absolute Gasteiger partial charge is 0.227 e. The number of ether oxygens (including phenoxy) is 1. The molecule has 0 saturated heterocycles. The van der Waals surface area contributed by atoms with Crippen molar-refractivity contribution in [3.05, 3.63) is 51.5 Å². The van der Waals surface area contributed by atoms with E-state index in [0.717, 1.165) is 12.2 Å². The van der Waals surface area contributed by atoms with Gasteiger partial charge in [-0.2, -0.15) is 0 Å². The van der Waals surface area contributed by atoms with Gasteiger partial charge in [-0.3, -0.25) is 4.79 Å². The summed E-state index contributed by atoms with van der Waals surface area (Å²) in [6.07, 6.45) is 14.7. The highest BCUT2D eigenvalue weighted by Gasteiger charge is 2.14. The second-order valence-electron chi connectivity index (χ2n) is 8.92. The Hall–Kier alpha value is -1.91. The third-order valence-electron chi connectivity index (χ3n) is 6.04. The van der Waals surface area contributed by atoms with Crippen LogP contribution in [0.3, 0.4) is 0 Å². The van der Waals surface area contributed by atoms with Gasteiger partial charge < -0.3 is 15.2 Å². The molecule has 6 heteroatoms. The number of halogens is 2. The molecule has 0 spiro atoms. The fraction of sp³-hybridized carbons (Fsp3) is 0.536. The van der Waals surface area contributed by atoms with E-state index in [1.165, 1.54) is 75.8 Å². The Labute approximate surface area is 215 Å². The zero-order chi connectivity index (χ0) is 24.8. The molecule has 2 aromatic rings. The summed E-state index contributed by atoms with van der Waals surface area (Å²) in [6.45, 7) is 4.20. The summed E-state index contributed by atoms with van der Waals surface area (Å²) in [5.74, 6) is 0.267. The minimum absolute atomic E-state index is 0.136. The molecule has 4 nitrogen and oxygen atoms in total. The minimum Gasteiger partial charge on any atom is -0.504 e. The molecule has 2 rings (SSSR count). The van der Waals surface area contributed by atoms with Crippen LogP contribution in [0.25, 0.3) is 0 Å². The van der Waals surface area contributed by atoms with Crippen LogP contribution >= 0.6 is 23.2 Å². The van der Waals surface area contributed by atoms with Gasteiger partial charge in [0.1, 0.15) is 5.75 Å². The fourth-order valence-electron chi connectivity index (χ4n) is 3.84. The van der Waals surface area contributed by atoms with E-state index < -0.39 is 0 Å². The zero-order valence-corrected chi connectivity index (χ0v) is 22.1. The van der Waals surface area contributed by atoms with Gasteiger partial charge in [-0.05, 0) is 49.1 Å². The van der Waals surface area contributed by atoms with Crippen LogP contribution in [0.5, 0.6) is 11.5 Å². The summed E-state index contributed by atoms with van der Waals surface area (Å²) < 4.78 is 5.70. The lowest BCUT2D eigenvalue weighted by Gasteiger charge is -2.12. The number of carbonyl (C=O) groups is 1. The number of phenolic OH excluding ortho intramolecular Hbond substituents is 1. The molecule has 0 atom stereocenters. The number of aromatic hydroxyl groups is 1. The van der Waals surface area contributed by atoms with E-state index in [1.54, 1.807) is 6.92 Å². The van der Waals surface area contributed by atoms with E-state index in [0.29, 0.717) is 10.6 Å². The van der Waals surface area contributed by atoms with Crippen LogP contribution in [0.1, 0.15) is 88.7 Å². The van der Waals surface area contributed by atoms with Crippen molar-refractivity contribution in [2.75, 3.05) is 11.9 Å². The standard InChI is InChI=1S/C28H39Cl2NO3/c1-3-4-5-6-7-8-9-10-11-12-13-22-14-16-23(17-15-22)34-19-18-26(32)31-25-20-24(29)21(2)27(30)28(25)33/h14-17,20,33H,3-13,18-19H2,1-2H3,(H,31,32). The second kappa shape index (κ2) is 15.9. The van der Waals surface area contributed by atoms with Crippen molar-refractivity contribution in [1.29, 1.82) is 0 Å². The Morgan fingerprint density at radius 2 is 1.53 bits per heavy atom. The zero-order valence-electron chi connectivity index (χ0n) is 20.6. The van der Waals surface area contributed by atoms with Gasteiger partial charge in [-0.25, -0.2) is 0 Å². The monoisotopic (exact) mass is 507 g/mol. The molecule has 188 valence electrons. The second-order valence-corrected chi connectivity index (χ2v) is 9.70. The largest absolute Gasteiger partial charge is 0.504 e. The first kappa shape index (κ1) is 28.3. The van der Waals surface area contributed by atoms with Gasteiger partial charge in [0, 0.05) is 5.02 Å². The molecular weight excluding hydrogens is 469 g/mol. The molecule has 0 unspecified atom stereocenters. The molecular formula is C28H39Cl2NO3. The predicted octanol–water partition coefficient (Wildman–Crippen LogP) is 8.88. The number of rotatable bonds is 16. The molecule has 1 amide bonds. The summed E-state index contributed by atoms with van der Waals surface area (Å²) in [5, 5.41) is 13.2. The van der Waals surface area contributed by atoms with Crippen molar-refractivity contribution in [3.63, 3.8) is 0 Å². The van der Waals surface area contributed by atoms with Gasteiger partial charge >= 0.3 is 0 Å². The van der Waals surface area contributed by atoms with Crippen LogP contribution in [-0.4, -0.2) is 17.6 Å². The first-order chi connectivity index (χ1) is 16.4. The lowest BCUT2D eigenvalue weighted by molar-refractivity contribution is -0.116. The average molecular weight is 509 g/mol. The number of hydrogen-bond donors (Lipinski definition) is 2. The maximum absolute atomic E-state index is 12.2. The molecule has 2 aromatic carbocycles. The molecule has 0 fully saturated rings. The number of amides is 1. The molecule has 0 bridgehead atoms. The normalized spacial score (nSPS) is 10.9. The SMILES string of the molecule is CCCCCCCCCCCCc1ccc(OCCC(=O)Nc2cc(Cl)c(C)c(Cl)c2O)cc1. The molecule has 0 aliphatic rings. The van der Waals surface area contributed by atoms with Crippen molar-refractivity contribution in [3.8, 4) is 11.5 Å². The van der Waals surface area contributed by atoms with Crippen molar-refractivity contribution in [2.24, 2.45) is 0 Å². The van der Waals surface area contributed by atoms with E-state index >= 15 is 0 Å². The molecule has 0 heterocycles. The third kappa shape index (κ3) is 10.1. The summed E-state index contributed by atoms with van der Waals surface area (Å²) in [6, 6.07) is 9.59. The Balaban J connectivity index is 1.60. The summed E-state index contributed by atoms with van der Waals surface area (Å²) in [4.78, 5) is 12.2. The number of carbonyl (C=O) groups excluding carboxylic acids is 1. The van der Waals surface area contributed by atoms with Crippen LogP contribution in [-0.2, 0) is 11.2 Å². The van der Waals surface area contributed by atoms with Crippen LogP contribution in [0.4, 0.5) is 5.69 Å². The molecule has 0 radical (unpaired) electrons. The topological polar surface area (TPSA) is 58.6 Å². The van der Waals surface area contributed by atoms with E-state index in [2.05, 4.69) is 24.4 Å². The number of phenols is 1. The summed E-state index contributed by atoms with van der Waals surface area (Å²) in [5.41, 5.74) is 2.08. The highest BCUT2D eigenvalue weighted by molar-refractivity contribution is 6.37. The number of benzene rings is 2. The summed E-state index contributed by atoms with van der Waals surface area (Å²) in [7, 11) is 0. The first-order valence-corrected chi connectivity index (χ1v) is 13.4. The van der Waals surface area contributed by atoms with Crippen molar-refractivity contribution >= 4 is 34.8 Å². The Bertz CT molecular complexity index is 884. The predicted molar refractivity (Wildman–Crippen MR) is 144 cm³/mol. The molecule has 0 aromatic heterocycles. The third-order valence-corrected chi connectivity index (χ3v) is 6.89. The first-order valence-electron chi connectivity index (χ1n) is 12.6. The number of unbranched alkanes of at least 4 members (excludes halogenated alkanes) is 9. The van der Waals surface area contributed by atoms with Gasteiger partial charge in [-0.1, -0.05) is 100 Å². The van der Waals surface area contributed by atoms with E-state index in [9.17, 15) is 9.90 Å². The highest BCUT2D eigenvalue weighted by Crippen LogP contribution is 2.38. The number of hydrogen-bond acceptors (Lipinski definition) is 3. The van der Waals surface area contributed by atoms with Crippen molar-refractivity contribution in [2.45, 2.75) is 90.9 Å². The van der Waals surface area contributed by atoms with Crippen molar-refractivity contribution < 1.29 is 14.6 Å². The van der Waals surface area contributed by atoms with Gasteiger partial charge in [0.15, 0.2) is 5.75 Å². The summed E-state index contributed by atoms with van der Waals surface area (Å²) >= 11 is 12.1. The van der Waals surface area contributed by atoms with Crippen LogP contribution in [0.15, 0.2) is 30.3 Å². The number of aryl methyl sites for hydroxylation is 1. The number of anilines is 1. The maximum Gasteiger partial charge on any atom is 0.227 e. The molecule has 0 aliphatic carbocycles. The molecule has 0 aliphatic heterocycles. The quantitative estimate of drug-likeness (QED) is 0.176. The van der Waals surface area contributed by atoms with E-state index in [1.807, 2.05) is 12.1 Å². The van der Waals surface area contributed by atoms with Crippen LogP contribution < -0.4 is 10.1 Å². The van der Waals surface area contributed by atoms with Gasteiger partial charge in [0.05, 0.1) is 23.7 Å². The minimum atomic E-state index is -0.288. The lowest BCUT2D eigenvalue weighted by Crippen LogP contribution is -2.15. The van der Waals surface area contributed by atoms with Crippen LogP contribution in [0.2, 0.25) is 10.0 Å². The Kier molecular flexibility index (Phi) is 13.2. The number of nitrogens with one attached hydrogen (secondary N) is 1. The van der Waals surface area contributed by atoms with Gasteiger partial charge in [-0.15, -0.1) is 0 Å². The van der Waals surface area contributed by atoms with E-state index in [4.69, 9.17) is 27.9 Å². The fourth-order valence-corrected chi connectivity index (χ4v) is 4.30. The Morgan fingerprint density at radius 3 is 2.15 bits per heavy atom. The molecule has 2 N–H and O–H groups in total. The highest BCUT2D eigenvalue weighted by atomic mass is 35.5. The van der Waals surface area contributed by atoms with E-state index in [-0.39, 0.29) is 35.4 Å². The lowest BCUT2D eigenvalue weighted by atomic mass is 10.0. The van der Waals surface area contributed by atoms with Gasteiger partial charge in [0.25, 0.3) is 0 Å². The maximum atomic E-state index is 12.2. The molecule has 0 saturated carbocycles.